The predicted molar refractivity (Wildman–Crippen MR) is 103 cm³/mol. The quantitative estimate of drug-likeness (QED) is 0.587. The maximum Gasteiger partial charge on any atom is 0.180 e. The normalized spacial score (nSPS) is 15.5. The first-order valence-electron chi connectivity index (χ1n) is 9.15. The summed E-state index contributed by atoms with van der Waals surface area (Å²) in [6, 6.07) is 10.3. The Hall–Kier alpha value is -3.19. The number of hydrogen-bond donors (Lipinski definition) is 2. The minimum absolute atomic E-state index is 0.204. The number of benzene rings is 1. The van der Waals surface area contributed by atoms with Crippen LogP contribution in [0.25, 0.3) is 28.2 Å². The molecular weight excluding hydrogens is 340 g/mol. The van der Waals surface area contributed by atoms with Crippen LogP contribution in [0.1, 0.15) is 12.8 Å². The van der Waals surface area contributed by atoms with E-state index < -0.39 is 0 Å². The summed E-state index contributed by atoms with van der Waals surface area (Å²) >= 11 is 0. The third-order valence-electron chi connectivity index (χ3n) is 5.17. The Labute approximate surface area is 156 Å². The van der Waals surface area contributed by atoms with Crippen molar-refractivity contribution in [2.75, 3.05) is 18.0 Å². The molecule has 0 aliphatic carbocycles. The summed E-state index contributed by atoms with van der Waals surface area (Å²) in [4.78, 5) is 11.4. The highest BCUT2D eigenvalue weighted by atomic mass is 16.3. The second kappa shape index (κ2) is 6.51. The maximum absolute atomic E-state index is 9.76. The molecule has 4 aromatic rings. The van der Waals surface area contributed by atoms with Gasteiger partial charge in [-0.2, -0.15) is 5.10 Å². The molecule has 1 aliphatic rings. The molecule has 1 saturated heterocycles. The Morgan fingerprint density at radius 1 is 0.963 bits per heavy atom. The molecule has 4 heterocycles. The van der Waals surface area contributed by atoms with Crippen molar-refractivity contribution in [1.29, 1.82) is 0 Å². The van der Waals surface area contributed by atoms with E-state index in [1.165, 1.54) is 0 Å². The number of hydrogen-bond acceptors (Lipinski definition) is 5. The van der Waals surface area contributed by atoms with Crippen molar-refractivity contribution < 1.29 is 5.11 Å². The molecule has 0 radical (unpaired) electrons. The summed E-state index contributed by atoms with van der Waals surface area (Å²) in [5, 5.41) is 16.7. The number of anilines is 1. The van der Waals surface area contributed by atoms with E-state index in [-0.39, 0.29) is 6.10 Å². The highest BCUT2D eigenvalue weighted by molar-refractivity contribution is 5.73. The first-order valence-corrected chi connectivity index (χ1v) is 9.15. The lowest BCUT2D eigenvalue weighted by atomic mass is 10.1. The summed E-state index contributed by atoms with van der Waals surface area (Å²) in [5.74, 6) is 0.879. The highest BCUT2D eigenvalue weighted by Gasteiger charge is 2.21. The van der Waals surface area contributed by atoms with Gasteiger partial charge in [0.05, 0.1) is 23.7 Å². The molecule has 0 spiro atoms. The van der Waals surface area contributed by atoms with Crippen LogP contribution >= 0.6 is 0 Å². The lowest BCUT2D eigenvalue weighted by molar-refractivity contribution is 0.145. The van der Waals surface area contributed by atoms with Crippen LogP contribution in [0.4, 0.5) is 5.82 Å². The number of piperidine rings is 1. The van der Waals surface area contributed by atoms with E-state index in [9.17, 15) is 5.11 Å². The van der Waals surface area contributed by atoms with Gasteiger partial charge < -0.3 is 10.0 Å². The molecule has 0 atom stereocenters. The van der Waals surface area contributed by atoms with Crippen molar-refractivity contribution in [3.63, 3.8) is 0 Å². The van der Waals surface area contributed by atoms with E-state index >= 15 is 0 Å². The number of fused-ring (bicyclic) bond motifs is 1. The molecule has 3 aromatic heterocycles. The molecule has 0 bridgehead atoms. The Morgan fingerprint density at radius 2 is 1.74 bits per heavy atom. The van der Waals surface area contributed by atoms with Gasteiger partial charge in [-0.1, -0.05) is 24.3 Å². The van der Waals surface area contributed by atoms with Crippen LogP contribution in [0.3, 0.4) is 0 Å². The summed E-state index contributed by atoms with van der Waals surface area (Å²) in [5.41, 5.74) is 5.07. The molecule has 0 amide bonds. The average molecular weight is 360 g/mol. The van der Waals surface area contributed by atoms with Crippen molar-refractivity contribution in [3.8, 4) is 22.5 Å². The van der Waals surface area contributed by atoms with Crippen molar-refractivity contribution in [3.05, 3.63) is 55.1 Å². The zero-order valence-electron chi connectivity index (χ0n) is 14.8. The monoisotopic (exact) mass is 360 g/mol. The standard InChI is InChI=1S/C20H20N6O/c27-16-6-10-25(11-7-16)19-20-22-13-18(26(20)12-9-21-19)15-3-1-14(2-4-15)17-5-8-23-24-17/h1-5,8-9,12-13,16,27H,6-7,10-11H2,(H,23,24). The number of nitrogens with zero attached hydrogens (tertiary/aromatic N) is 5. The second-order valence-corrected chi connectivity index (χ2v) is 6.85. The smallest absolute Gasteiger partial charge is 0.180 e. The fourth-order valence-electron chi connectivity index (χ4n) is 3.66. The number of aromatic nitrogens is 5. The lowest BCUT2D eigenvalue weighted by Gasteiger charge is -2.30. The first kappa shape index (κ1) is 16.0. The van der Waals surface area contributed by atoms with Crippen molar-refractivity contribution in [2.24, 2.45) is 0 Å². The molecule has 0 saturated carbocycles. The molecule has 2 N–H and O–H groups in total. The summed E-state index contributed by atoms with van der Waals surface area (Å²) in [6.45, 7) is 1.60. The van der Waals surface area contributed by atoms with E-state index in [0.29, 0.717) is 0 Å². The number of aliphatic hydroxyl groups excluding tert-OH is 1. The Kier molecular flexibility index (Phi) is 3.86. The minimum Gasteiger partial charge on any atom is -0.393 e. The molecule has 5 rings (SSSR count). The first-order chi connectivity index (χ1) is 13.3. The summed E-state index contributed by atoms with van der Waals surface area (Å²) in [6.07, 6.45) is 8.74. The van der Waals surface area contributed by atoms with Gasteiger partial charge in [0, 0.05) is 37.2 Å². The third-order valence-corrected chi connectivity index (χ3v) is 5.17. The van der Waals surface area contributed by atoms with Crippen LogP contribution in [-0.4, -0.2) is 48.9 Å². The van der Waals surface area contributed by atoms with Gasteiger partial charge >= 0.3 is 0 Å². The van der Waals surface area contributed by atoms with Gasteiger partial charge in [-0.15, -0.1) is 0 Å². The molecule has 27 heavy (non-hydrogen) atoms. The van der Waals surface area contributed by atoms with Crippen LogP contribution in [0, 0.1) is 0 Å². The third kappa shape index (κ3) is 2.86. The number of aromatic amines is 1. The van der Waals surface area contributed by atoms with E-state index in [4.69, 9.17) is 0 Å². The molecule has 1 fully saturated rings. The number of aliphatic hydroxyl groups is 1. The molecular formula is C20H20N6O. The Bertz CT molecular complexity index is 1050. The van der Waals surface area contributed by atoms with Crippen molar-refractivity contribution in [2.45, 2.75) is 18.9 Å². The summed E-state index contributed by atoms with van der Waals surface area (Å²) in [7, 11) is 0. The van der Waals surface area contributed by atoms with E-state index in [1.807, 2.05) is 24.7 Å². The van der Waals surface area contributed by atoms with Crippen LogP contribution in [0.5, 0.6) is 0 Å². The predicted octanol–water partition coefficient (Wildman–Crippen LogP) is 2.75. The van der Waals surface area contributed by atoms with E-state index in [2.05, 4.69) is 53.7 Å². The molecule has 7 heteroatoms. The molecule has 1 aromatic carbocycles. The van der Waals surface area contributed by atoms with Gasteiger partial charge in [0.1, 0.15) is 0 Å². The van der Waals surface area contributed by atoms with Crippen LogP contribution in [0.2, 0.25) is 0 Å². The SMILES string of the molecule is OC1CCN(c2nccn3c(-c4ccc(-c5ccn[nH]5)cc4)cnc23)CC1. The molecule has 0 unspecified atom stereocenters. The van der Waals surface area contributed by atoms with Crippen LogP contribution in [0.15, 0.2) is 55.1 Å². The number of nitrogens with one attached hydrogen (secondary N) is 1. The van der Waals surface area contributed by atoms with Gasteiger partial charge in [0.25, 0.3) is 0 Å². The Morgan fingerprint density at radius 3 is 2.48 bits per heavy atom. The van der Waals surface area contributed by atoms with Crippen molar-refractivity contribution in [1.82, 2.24) is 24.6 Å². The van der Waals surface area contributed by atoms with Gasteiger partial charge in [-0.3, -0.25) is 9.50 Å². The minimum atomic E-state index is -0.204. The Balaban J connectivity index is 1.50. The highest BCUT2D eigenvalue weighted by Crippen LogP contribution is 2.28. The fraction of sp³-hybridized carbons (Fsp3) is 0.250. The number of H-pyrrole nitrogens is 1. The largest absolute Gasteiger partial charge is 0.393 e. The van der Waals surface area contributed by atoms with Gasteiger partial charge in [0.15, 0.2) is 11.5 Å². The maximum atomic E-state index is 9.76. The van der Waals surface area contributed by atoms with Gasteiger partial charge in [-0.25, -0.2) is 9.97 Å². The molecule has 1 aliphatic heterocycles. The lowest BCUT2D eigenvalue weighted by Crippen LogP contribution is -2.36. The van der Waals surface area contributed by atoms with E-state index in [1.54, 1.807) is 6.20 Å². The number of imidazole rings is 1. The number of rotatable bonds is 3. The van der Waals surface area contributed by atoms with Gasteiger partial charge in [-0.05, 0) is 24.5 Å². The zero-order valence-corrected chi connectivity index (χ0v) is 14.8. The van der Waals surface area contributed by atoms with Gasteiger partial charge in [0.2, 0.25) is 0 Å². The zero-order chi connectivity index (χ0) is 18.2. The topological polar surface area (TPSA) is 82.3 Å². The van der Waals surface area contributed by atoms with Crippen LogP contribution < -0.4 is 4.90 Å². The summed E-state index contributed by atoms with van der Waals surface area (Å²) < 4.78 is 2.08. The second-order valence-electron chi connectivity index (χ2n) is 6.85. The average Bonchev–Trinajstić information content (AvgIpc) is 3.39. The molecule has 7 nitrogen and oxygen atoms in total. The van der Waals surface area contributed by atoms with Crippen LogP contribution in [-0.2, 0) is 0 Å². The van der Waals surface area contributed by atoms with E-state index in [0.717, 1.165) is 59.9 Å². The van der Waals surface area contributed by atoms with Crippen molar-refractivity contribution >= 4 is 11.5 Å². The molecule has 136 valence electrons. The fourth-order valence-corrected chi connectivity index (χ4v) is 3.66.